The highest BCUT2D eigenvalue weighted by Crippen LogP contribution is 2.30. The number of fused-ring (bicyclic) bond motifs is 1. The van der Waals surface area contributed by atoms with Crippen LogP contribution in [0.5, 0.6) is 11.5 Å². The third-order valence-corrected chi connectivity index (χ3v) is 4.06. The number of rotatable bonds is 4. The average Bonchev–Trinajstić information content (AvgIpc) is 2.69. The normalized spacial score (nSPS) is 14.7. The van der Waals surface area contributed by atoms with Crippen LogP contribution in [-0.4, -0.2) is 37.1 Å². The first kappa shape index (κ1) is 19.2. The summed E-state index contributed by atoms with van der Waals surface area (Å²) in [6.07, 6.45) is -0.909. The van der Waals surface area contributed by atoms with Crippen molar-refractivity contribution < 1.29 is 28.6 Å². The van der Waals surface area contributed by atoms with Crippen molar-refractivity contribution in [3.63, 3.8) is 0 Å². The monoisotopic (exact) mass is 384 g/mol. The zero-order valence-corrected chi connectivity index (χ0v) is 15.5. The molecule has 1 unspecified atom stereocenters. The molecule has 146 valence electrons. The molecular formula is C20H20N2O6. The molecule has 2 amide bonds. The van der Waals surface area contributed by atoms with Crippen LogP contribution < -0.4 is 20.3 Å². The van der Waals surface area contributed by atoms with Crippen molar-refractivity contribution in [2.75, 3.05) is 13.2 Å². The Labute approximate surface area is 161 Å². The maximum Gasteiger partial charge on any atom is 0.338 e. The fraction of sp³-hybridized carbons (Fsp3) is 0.250. The number of para-hydroxylation sites is 2. The summed E-state index contributed by atoms with van der Waals surface area (Å²) in [7, 11) is 0. The van der Waals surface area contributed by atoms with E-state index in [4.69, 9.17) is 14.2 Å². The van der Waals surface area contributed by atoms with Crippen molar-refractivity contribution in [1.82, 2.24) is 10.9 Å². The fourth-order valence-electron chi connectivity index (χ4n) is 2.65. The predicted octanol–water partition coefficient (Wildman–Crippen LogP) is 1.45. The molecule has 1 aliphatic rings. The van der Waals surface area contributed by atoms with E-state index >= 15 is 0 Å². The first-order valence-electron chi connectivity index (χ1n) is 8.65. The highest BCUT2D eigenvalue weighted by molar-refractivity contribution is 5.93. The third-order valence-electron chi connectivity index (χ3n) is 4.06. The quantitative estimate of drug-likeness (QED) is 0.611. The molecule has 0 saturated carbocycles. The van der Waals surface area contributed by atoms with Gasteiger partial charge in [-0.1, -0.05) is 29.8 Å². The van der Waals surface area contributed by atoms with Crippen LogP contribution in [0, 0.1) is 13.8 Å². The second kappa shape index (κ2) is 8.43. The van der Waals surface area contributed by atoms with Crippen LogP contribution in [0.25, 0.3) is 0 Å². The zero-order chi connectivity index (χ0) is 20.1. The van der Waals surface area contributed by atoms with E-state index in [0.717, 1.165) is 11.1 Å². The van der Waals surface area contributed by atoms with Gasteiger partial charge in [-0.05, 0) is 37.6 Å². The summed E-state index contributed by atoms with van der Waals surface area (Å²) < 4.78 is 16.0. The lowest BCUT2D eigenvalue weighted by atomic mass is 10.1. The lowest BCUT2D eigenvalue weighted by molar-refractivity contribution is -0.135. The van der Waals surface area contributed by atoms with Gasteiger partial charge in [0.25, 0.3) is 11.8 Å². The van der Waals surface area contributed by atoms with Crippen molar-refractivity contribution >= 4 is 17.8 Å². The van der Waals surface area contributed by atoms with Crippen molar-refractivity contribution in [1.29, 1.82) is 0 Å². The molecule has 1 heterocycles. The predicted molar refractivity (Wildman–Crippen MR) is 98.8 cm³/mol. The molecule has 28 heavy (non-hydrogen) atoms. The minimum absolute atomic E-state index is 0.0143. The van der Waals surface area contributed by atoms with Crippen LogP contribution >= 0.6 is 0 Å². The van der Waals surface area contributed by atoms with E-state index in [1.165, 1.54) is 0 Å². The molecule has 3 rings (SSSR count). The average molecular weight is 384 g/mol. The molecule has 0 spiro atoms. The number of hydrogen-bond acceptors (Lipinski definition) is 6. The molecule has 0 aromatic heterocycles. The van der Waals surface area contributed by atoms with Gasteiger partial charge in [-0.3, -0.25) is 20.4 Å². The third kappa shape index (κ3) is 4.59. The second-order valence-electron chi connectivity index (χ2n) is 6.30. The molecule has 2 aromatic carbocycles. The first-order chi connectivity index (χ1) is 13.4. The summed E-state index contributed by atoms with van der Waals surface area (Å²) in [6.45, 7) is 3.18. The number of hydrazine groups is 1. The van der Waals surface area contributed by atoms with Gasteiger partial charge in [0.2, 0.25) is 6.10 Å². The number of aryl methyl sites for hydroxylation is 2. The van der Waals surface area contributed by atoms with Crippen LogP contribution in [0.4, 0.5) is 0 Å². The molecule has 0 radical (unpaired) electrons. The number of nitrogens with one attached hydrogen (secondary N) is 2. The Morgan fingerprint density at radius 3 is 2.57 bits per heavy atom. The van der Waals surface area contributed by atoms with E-state index in [-0.39, 0.29) is 6.61 Å². The first-order valence-corrected chi connectivity index (χ1v) is 8.65. The summed E-state index contributed by atoms with van der Waals surface area (Å²) in [6, 6.07) is 12.2. The summed E-state index contributed by atoms with van der Waals surface area (Å²) in [4.78, 5) is 36.0. The number of ether oxygens (including phenoxy) is 3. The number of benzene rings is 2. The molecule has 0 bridgehead atoms. The smallest absolute Gasteiger partial charge is 0.338 e. The van der Waals surface area contributed by atoms with Crippen LogP contribution in [0.1, 0.15) is 21.5 Å². The highest BCUT2D eigenvalue weighted by atomic mass is 16.6. The lowest BCUT2D eigenvalue weighted by Crippen LogP contribution is -2.51. The largest absolute Gasteiger partial charge is 0.485 e. The molecule has 8 heteroatoms. The summed E-state index contributed by atoms with van der Waals surface area (Å²) in [5.41, 5.74) is 6.57. The molecule has 8 nitrogen and oxygen atoms in total. The number of amides is 2. The number of esters is 1. The molecule has 0 aliphatic carbocycles. The van der Waals surface area contributed by atoms with Gasteiger partial charge in [0.15, 0.2) is 18.1 Å². The molecule has 2 aromatic rings. The Balaban J connectivity index is 1.44. The van der Waals surface area contributed by atoms with Gasteiger partial charge in [0, 0.05) is 0 Å². The maximum atomic E-state index is 12.1. The van der Waals surface area contributed by atoms with Gasteiger partial charge in [0.05, 0.1) is 5.56 Å². The van der Waals surface area contributed by atoms with Crippen molar-refractivity contribution in [3.8, 4) is 11.5 Å². The number of carbonyl (C=O) groups excluding carboxylic acids is 3. The number of hydrogen-bond donors (Lipinski definition) is 2. The van der Waals surface area contributed by atoms with E-state index in [9.17, 15) is 14.4 Å². The van der Waals surface area contributed by atoms with Gasteiger partial charge < -0.3 is 14.2 Å². The topological polar surface area (TPSA) is 103 Å². The molecule has 1 atom stereocenters. The van der Waals surface area contributed by atoms with Crippen molar-refractivity contribution in [2.24, 2.45) is 0 Å². The van der Waals surface area contributed by atoms with Crippen LogP contribution in [0.3, 0.4) is 0 Å². The Morgan fingerprint density at radius 1 is 1.07 bits per heavy atom. The van der Waals surface area contributed by atoms with E-state index < -0.39 is 30.5 Å². The minimum Gasteiger partial charge on any atom is -0.485 e. The Bertz CT molecular complexity index is 911. The van der Waals surface area contributed by atoms with E-state index in [1.807, 2.05) is 13.0 Å². The van der Waals surface area contributed by atoms with E-state index in [2.05, 4.69) is 10.9 Å². The summed E-state index contributed by atoms with van der Waals surface area (Å²) in [5, 5.41) is 0. The maximum absolute atomic E-state index is 12.1. The SMILES string of the molecule is Cc1ccc(C(=O)OCC(=O)NNC(=O)C2COc3ccccc3O2)c(C)c1. The Morgan fingerprint density at radius 2 is 1.82 bits per heavy atom. The standard InChI is InChI=1S/C20H20N2O6/c1-12-7-8-14(13(2)9-12)20(25)27-11-18(23)21-22-19(24)17-10-26-15-5-3-4-6-16(15)28-17/h3-9,17H,10-11H2,1-2H3,(H,21,23)(H,22,24). The van der Waals surface area contributed by atoms with Crippen LogP contribution in [0.15, 0.2) is 42.5 Å². The molecular weight excluding hydrogens is 364 g/mol. The van der Waals surface area contributed by atoms with E-state index in [1.54, 1.807) is 43.3 Å². The summed E-state index contributed by atoms with van der Waals surface area (Å²) in [5.74, 6) is -0.872. The van der Waals surface area contributed by atoms with Gasteiger partial charge >= 0.3 is 5.97 Å². The van der Waals surface area contributed by atoms with Crippen molar-refractivity contribution in [2.45, 2.75) is 20.0 Å². The van der Waals surface area contributed by atoms with Crippen molar-refractivity contribution in [3.05, 3.63) is 59.2 Å². The molecule has 1 aliphatic heterocycles. The van der Waals surface area contributed by atoms with E-state index in [0.29, 0.717) is 17.1 Å². The Hall–Kier alpha value is -3.55. The van der Waals surface area contributed by atoms with Crippen LogP contribution in [-0.2, 0) is 14.3 Å². The molecule has 0 saturated heterocycles. The fourth-order valence-corrected chi connectivity index (χ4v) is 2.65. The van der Waals surface area contributed by atoms with Gasteiger partial charge in [-0.2, -0.15) is 0 Å². The zero-order valence-electron chi connectivity index (χ0n) is 15.5. The van der Waals surface area contributed by atoms with Gasteiger partial charge in [0.1, 0.15) is 6.61 Å². The summed E-state index contributed by atoms with van der Waals surface area (Å²) >= 11 is 0. The molecule has 2 N–H and O–H groups in total. The van der Waals surface area contributed by atoms with Crippen LogP contribution in [0.2, 0.25) is 0 Å². The number of carbonyl (C=O) groups is 3. The Kier molecular flexibility index (Phi) is 5.78. The van der Waals surface area contributed by atoms with Gasteiger partial charge in [-0.25, -0.2) is 4.79 Å². The molecule has 0 fully saturated rings. The van der Waals surface area contributed by atoms with Gasteiger partial charge in [-0.15, -0.1) is 0 Å². The highest BCUT2D eigenvalue weighted by Gasteiger charge is 2.27. The second-order valence-corrected chi connectivity index (χ2v) is 6.30. The minimum atomic E-state index is -0.909. The lowest BCUT2D eigenvalue weighted by Gasteiger charge is -2.25.